The molecular formula is C16H12ClF4N3O3. The predicted molar refractivity (Wildman–Crippen MR) is 87.5 cm³/mol. The van der Waals surface area contributed by atoms with Crippen LogP contribution in [-0.4, -0.2) is 35.8 Å². The van der Waals surface area contributed by atoms with Crippen molar-refractivity contribution in [2.75, 3.05) is 12.4 Å². The third-order valence-corrected chi connectivity index (χ3v) is 3.60. The number of nitrogens with zero attached hydrogens (tertiary/aromatic N) is 1. The van der Waals surface area contributed by atoms with Crippen LogP contribution in [0.1, 0.15) is 10.4 Å². The number of pyridine rings is 1. The van der Waals surface area contributed by atoms with Gasteiger partial charge in [0.15, 0.2) is 0 Å². The second-order valence-corrected chi connectivity index (χ2v) is 5.60. The zero-order valence-corrected chi connectivity index (χ0v) is 14.4. The van der Waals surface area contributed by atoms with E-state index in [-0.39, 0.29) is 5.02 Å². The molecule has 1 atom stereocenters. The summed E-state index contributed by atoms with van der Waals surface area (Å²) in [6, 6.07) is 6.62. The van der Waals surface area contributed by atoms with Crippen LogP contribution in [0.25, 0.3) is 0 Å². The SMILES string of the molecule is COC(=O)C(NC(=O)c1ccccc1F)(Nc1ccc(Cl)cn1)C(F)(F)F. The van der Waals surface area contributed by atoms with Crippen LogP contribution in [0.3, 0.4) is 0 Å². The van der Waals surface area contributed by atoms with Gasteiger partial charge in [0.1, 0.15) is 11.6 Å². The number of benzene rings is 1. The molecule has 11 heteroatoms. The molecule has 27 heavy (non-hydrogen) atoms. The van der Waals surface area contributed by atoms with Gasteiger partial charge in [0.2, 0.25) is 0 Å². The van der Waals surface area contributed by atoms with Crippen LogP contribution in [0.15, 0.2) is 42.6 Å². The van der Waals surface area contributed by atoms with Crippen LogP contribution in [0.4, 0.5) is 23.4 Å². The van der Waals surface area contributed by atoms with Crippen LogP contribution < -0.4 is 10.6 Å². The van der Waals surface area contributed by atoms with Gasteiger partial charge in [-0.05, 0) is 24.3 Å². The molecule has 0 aliphatic rings. The minimum absolute atomic E-state index is 0.131. The Hall–Kier alpha value is -2.88. The lowest BCUT2D eigenvalue weighted by molar-refractivity contribution is -0.203. The zero-order valence-electron chi connectivity index (χ0n) is 13.6. The summed E-state index contributed by atoms with van der Waals surface area (Å²) in [5, 5.41) is 3.42. The Labute approximate surface area is 155 Å². The first-order valence-electron chi connectivity index (χ1n) is 7.22. The van der Waals surface area contributed by atoms with E-state index < -0.39 is 40.9 Å². The highest BCUT2D eigenvalue weighted by molar-refractivity contribution is 6.30. The number of methoxy groups -OCH3 is 1. The van der Waals surface area contributed by atoms with Gasteiger partial charge < -0.3 is 15.4 Å². The van der Waals surface area contributed by atoms with Crippen molar-refractivity contribution in [1.82, 2.24) is 10.3 Å². The Morgan fingerprint density at radius 1 is 1.15 bits per heavy atom. The largest absolute Gasteiger partial charge is 0.466 e. The van der Waals surface area contributed by atoms with E-state index in [0.29, 0.717) is 7.11 Å². The topological polar surface area (TPSA) is 80.3 Å². The standard InChI is InChI=1S/C16H12ClF4N3O3/c1-27-14(26)15(16(19,20)21,23-12-7-6-9(17)8-22-12)24-13(25)10-4-2-3-5-11(10)18/h2-8H,1H3,(H,22,23)(H,24,25). The van der Waals surface area contributed by atoms with E-state index in [1.165, 1.54) is 23.5 Å². The lowest BCUT2D eigenvalue weighted by Gasteiger charge is -2.34. The minimum Gasteiger partial charge on any atom is -0.466 e. The number of hydrogen-bond donors (Lipinski definition) is 2. The molecule has 2 N–H and O–H groups in total. The normalized spacial score (nSPS) is 13.4. The van der Waals surface area contributed by atoms with Gasteiger partial charge in [0.25, 0.3) is 5.91 Å². The molecule has 2 rings (SSSR count). The Balaban J connectivity index is 2.50. The molecule has 0 radical (unpaired) electrons. The molecular weight excluding hydrogens is 394 g/mol. The summed E-state index contributed by atoms with van der Waals surface area (Å²) in [5.41, 5.74) is -4.41. The summed E-state index contributed by atoms with van der Waals surface area (Å²) >= 11 is 5.63. The van der Waals surface area contributed by atoms with Crippen molar-refractivity contribution in [2.45, 2.75) is 11.8 Å². The Bertz CT molecular complexity index is 846. The number of aromatic nitrogens is 1. The molecule has 2 aromatic rings. The molecule has 0 spiro atoms. The second-order valence-electron chi connectivity index (χ2n) is 5.16. The van der Waals surface area contributed by atoms with E-state index in [0.717, 1.165) is 24.4 Å². The maximum Gasteiger partial charge on any atom is 0.441 e. The molecule has 0 fully saturated rings. The number of anilines is 1. The summed E-state index contributed by atoms with van der Waals surface area (Å²) in [7, 11) is 0.703. The number of ether oxygens (including phenoxy) is 1. The minimum atomic E-state index is -5.37. The van der Waals surface area contributed by atoms with Gasteiger partial charge in [-0.2, -0.15) is 13.2 Å². The third kappa shape index (κ3) is 4.27. The van der Waals surface area contributed by atoms with Gasteiger partial charge in [-0.3, -0.25) is 4.79 Å². The van der Waals surface area contributed by atoms with Gasteiger partial charge in [-0.1, -0.05) is 23.7 Å². The highest BCUT2D eigenvalue weighted by Gasteiger charge is 2.63. The van der Waals surface area contributed by atoms with Crippen LogP contribution in [0.5, 0.6) is 0 Å². The molecule has 1 heterocycles. The lowest BCUT2D eigenvalue weighted by Crippen LogP contribution is -2.69. The van der Waals surface area contributed by atoms with Crippen molar-refractivity contribution >= 4 is 29.3 Å². The molecule has 6 nitrogen and oxygen atoms in total. The smallest absolute Gasteiger partial charge is 0.441 e. The van der Waals surface area contributed by atoms with Crippen molar-refractivity contribution in [3.63, 3.8) is 0 Å². The molecule has 1 unspecified atom stereocenters. The molecule has 1 amide bonds. The number of esters is 1. The van der Waals surface area contributed by atoms with Crippen molar-refractivity contribution in [3.05, 3.63) is 59.0 Å². The first-order valence-corrected chi connectivity index (χ1v) is 7.60. The van der Waals surface area contributed by atoms with Crippen LogP contribution in [0.2, 0.25) is 5.02 Å². The summed E-state index contributed by atoms with van der Waals surface area (Å²) in [4.78, 5) is 27.9. The van der Waals surface area contributed by atoms with Crippen molar-refractivity contribution < 1.29 is 31.9 Å². The highest BCUT2D eigenvalue weighted by atomic mass is 35.5. The molecule has 0 saturated heterocycles. The van der Waals surface area contributed by atoms with Gasteiger partial charge in [0.05, 0.1) is 17.7 Å². The molecule has 0 saturated carbocycles. The zero-order chi connectivity index (χ0) is 20.2. The van der Waals surface area contributed by atoms with Crippen molar-refractivity contribution in [1.29, 1.82) is 0 Å². The molecule has 1 aromatic heterocycles. The number of rotatable bonds is 5. The second kappa shape index (κ2) is 7.78. The van der Waals surface area contributed by atoms with E-state index in [2.05, 4.69) is 9.72 Å². The summed E-state index contributed by atoms with van der Waals surface area (Å²) < 4.78 is 59.5. The molecule has 1 aromatic carbocycles. The van der Waals surface area contributed by atoms with Crippen molar-refractivity contribution in [3.8, 4) is 0 Å². The van der Waals surface area contributed by atoms with Gasteiger partial charge in [-0.15, -0.1) is 0 Å². The Morgan fingerprint density at radius 3 is 2.33 bits per heavy atom. The number of alkyl halides is 3. The van der Waals surface area contributed by atoms with E-state index in [1.807, 2.05) is 0 Å². The average molecular weight is 406 g/mol. The van der Waals surface area contributed by atoms with Crippen LogP contribution in [-0.2, 0) is 9.53 Å². The van der Waals surface area contributed by atoms with Gasteiger partial charge >= 0.3 is 17.8 Å². The molecule has 0 bridgehead atoms. The third-order valence-electron chi connectivity index (χ3n) is 3.38. The maximum atomic E-state index is 13.8. The van der Waals surface area contributed by atoms with E-state index in [9.17, 15) is 27.2 Å². The number of nitrogens with one attached hydrogen (secondary N) is 2. The Kier molecular flexibility index (Phi) is 5.89. The van der Waals surface area contributed by atoms with Gasteiger partial charge in [-0.25, -0.2) is 14.2 Å². The monoisotopic (exact) mass is 405 g/mol. The quantitative estimate of drug-likeness (QED) is 0.454. The number of hydrogen-bond acceptors (Lipinski definition) is 5. The fraction of sp³-hybridized carbons (Fsp3) is 0.188. The highest BCUT2D eigenvalue weighted by Crippen LogP contribution is 2.33. The number of amides is 1. The maximum absolute atomic E-state index is 13.8. The summed E-state index contributed by atoms with van der Waals surface area (Å²) in [6.07, 6.45) is -4.34. The summed E-state index contributed by atoms with van der Waals surface area (Å²) in [5.74, 6) is -4.87. The van der Waals surface area contributed by atoms with Crippen molar-refractivity contribution in [2.24, 2.45) is 0 Å². The van der Waals surface area contributed by atoms with Crippen LogP contribution >= 0.6 is 11.6 Å². The number of carbonyl (C=O) groups is 2. The number of halogens is 5. The fourth-order valence-electron chi connectivity index (χ4n) is 2.07. The average Bonchev–Trinajstić information content (AvgIpc) is 2.61. The van der Waals surface area contributed by atoms with Gasteiger partial charge in [0, 0.05) is 6.20 Å². The first-order chi connectivity index (χ1) is 12.6. The molecule has 144 valence electrons. The van der Waals surface area contributed by atoms with Crippen LogP contribution in [0, 0.1) is 5.82 Å². The predicted octanol–water partition coefficient (Wildman–Crippen LogP) is 3.15. The first kappa shape index (κ1) is 20.4. The number of carbonyl (C=O) groups excluding carboxylic acids is 2. The molecule has 0 aliphatic heterocycles. The van der Waals surface area contributed by atoms with E-state index in [1.54, 1.807) is 5.32 Å². The lowest BCUT2D eigenvalue weighted by atomic mass is 10.1. The summed E-state index contributed by atoms with van der Waals surface area (Å²) in [6.45, 7) is 0. The van der Waals surface area contributed by atoms with E-state index >= 15 is 0 Å². The Morgan fingerprint density at radius 2 is 1.81 bits per heavy atom. The fourth-order valence-corrected chi connectivity index (χ4v) is 2.18. The molecule has 0 aliphatic carbocycles. The van der Waals surface area contributed by atoms with E-state index in [4.69, 9.17) is 11.6 Å².